The van der Waals surface area contributed by atoms with Crippen molar-refractivity contribution in [3.63, 3.8) is 0 Å². The summed E-state index contributed by atoms with van der Waals surface area (Å²) in [4.78, 5) is 16.7. The minimum absolute atomic E-state index is 0.0973. The number of rotatable bonds is 8. The summed E-state index contributed by atoms with van der Waals surface area (Å²) in [7, 11) is -1.91. The quantitative estimate of drug-likeness (QED) is 0.600. The molecule has 0 spiro atoms. The van der Waals surface area contributed by atoms with E-state index in [4.69, 9.17) is 4.74 Å². The summed E-state index contributed by atoms with van der Waals surface area (Å²) in [6.45, 7) is 0. The van der Waals surface area contributed by atoms with E-state index in [1.165, 1.54) is 30.6 Å². The predicted octanol–water partition coefficient (Wildman–Crippen LogP) is 4.01. The lowest BCUT2D eigenvalue weighted by molar-refractivity contribution is -0.116. The van der Waals surface area contributed by atoms with Gasteiger partial charge in [0.1, 0.15) is 5.75 Å². The van der Waals surface area contributed by atoms with Crippen LogP contribution in [0.15, 0.2) is 64.9 Å². The van der Waals surface area contributed by atoms with E-state index in [-0.39, 0.29) is 29.4 Å². The number of thiazole rings is 1. The van der Waals surface area contributed by atoms with Crippen molar-refractivity contribution in [3.05, 3.63) is 60.0 Å². The summed E-state index contributed by atoms with van der Waals surface area (Å²) in [5.74, 6) is 0.246. The van der Waals surface area contributed by atoms with E-state index in [1.54, 1.807) is 12.1 Å². The molecule has 28 heavy (non-hydrogen) atoms. The minimum atomic E-state index is -3.43. The molecule has 0 saturated heterocycles. The molecule has 1 amide bonds. The van der Waals surface area contributed by atoms with Crippen molar-refractivity contribution in [2.75, 3.05) is 18.2 Å². The fourth-order valence-corrected chi connectivity index (χ4v) is 4.62. The molecule has 3 rings (SSSR count). The number of amides is 1. The molecule has 0 aliphatic rings. The average Bonchev–Trinajstić information content (AvgIpc) is 3.17. The fraction of sp³-hybridized carbons (Fsp3) is 0.200. The summed E-state index contributed by atoms with van der Waals surface area (Å²) in [5, 5.41) is 5.11. The van der Waals surface area contributed by atoms with E-state index >= 15 is 0 Å². The Kier molecular flexibility index (Phi) is 6.43. The summed E-state index contributed by atoms with van der Waals surface area (Å²) >= 11 is 1.34. The van der Waals surface area contributed by atoms with Crippen molar-refractivity contribution in [2.45, 2.75) is 17.7 Å². The van der Waals surface area contributed by atoms with Crippen LogP contribution < -0.4 is 10.1 Å². The smallest absolute Gasteiger partial charge is 0.226 e. The zero-order chi connectivity index (χ0) is 20.0. The van der Waals surface area contributed by atoms with Gasteiger partial charge in [-0.25, -0.2) is 13.4 Å². The van der Waals surface area contributed by atoms with Gasteiger partial charge >= 0.3 is 0 Å². The van der Waals surface area contributed by atoms with E-state index in [1.807, 2.05) is 35.7 Å². The third-order valence-corrected chi connectivity index (χ3v) is 6.63. The van der Waals surface area contributed by atoms with Crippen molar-refractivity contribution < 1.29 is 17.9 Å². The lowest BCUT2D eigenvalue weighted by Gasteiger charge is -2.06. The number of carbonyl (C=O) groups excluding carboxylic acids is 1. The van der Waals surface area contributed by atoms with Crippen LogP contribution in [-0.2, 0) is 14.6 Å². The molecule has 2 aromatic carbocycles. The number of anilines is 1. The normalized spacial score (nSPS) is 11.2. The number of methoxy groups -OCH3 is 1. The molecule has 0 fully saturated rings. The number of benzene rings is 2. The van der Waals surface area contributed by atoms with Gasteiger partial charge in [0.2, 0.25) is 5.91 Å². The number of carbonyl (C=O) groups is 1. The lowest BCUT2D eigenvalue weighted by atomic mass is 10.2. The Labute approximate surface area is 168 Å². The molecule has 146 valence electrons. The summed E-state index contributed by atoms with van der Waals surface area (Å²) < 4.78 is 29.7. The molecule has 1 heterocycles. The van der Waals surface area contributed by atoms with Crippen LogP contribution in [-0.4, -0.2) is 32.2 Å². The van der Waals surface area contributed by atoms with Crippen molar-refractivity contribution in [1.29, 1.82) is 0 Å². The second-order valence-corrected chi connectivity index (χ2v) is 9.02. The lowest BCUT2D eigenvalue weighted by Crippen LogP contribution is -2.14. The van der Waals surface area contributed by atoms with Crippen molar-refractivity contribution in [1.82, 2.24) is 4.98 Å². The average molecular weight is 417 g/mol. The first kappa shape index (κ1) is 20.0. The Morgan fingerprint density at radius 1 is 1.11 bits per heavy atom. The third-order valence-electron chi connectivity index (χ3n) is 4.06. The molecule has 1 aromatic heterocycles. The van der Waals surface area contributed by atoms with Gasteiger partial charge in [-0.2, -0.15) is 0 Å². The standard InChI is InChI=1S/C20H20N2O4S2/c1-26-16-9-11-17(12-10-16)28(24,25)13-5-8-19(23)22-20-21-18(14-27-20)15-6-3-2-4-7-15/h2-4,6-7,9-12,14H,5,8,13H2,1H3,(H,21,22,23). The monoisotopic (exact) mass is 416 g/mol. The van der Waals surface area contributed by atoms with E-state index in [0.717, 1.165) is 11.3 Å². The van der Waals surface area contributed by atoms with Gasteiger partial charge in [-0.1, -0.05) is 30.3 Å². The molecule has 1 N–H and O–H groups in total. The van der Waals surface area contributed by atoms with Crippen LogP contribution in [0, 0.1) is 0 Å². The van der Waals surface area contributed by atoms with Gasteiger partial charge in [0, 0.05) is 17.4 Å². The second-order valence-electron chi connectivity index (χ2n) is 6.05. The maximum Gasteiger partial charge on any atom is 0.226 e. The van der Waals surface area contributed by atoms with Crippen LogP contribution in [0.5, 0.6) is 5.75 Å². The van der Waals surface area contributed by atoms with E-state index in [2.05, 4.69) is 10.3 Å². The van der Waals surface area contributed by atoms with Crippen molar-refractivity contribution >= 4 is 32.2 Å². The highest BCUT2D eigenvalue weighted by atomic mass is 32.2. The zero-order valence-corrected chi connectivity index (χ0v) is 16.9. The number of sulfone groups is 1. The Bertz CT molecular complexity index is 1030. The molecule has 0 unspecified atom stereocenters. The molecular formula is C20H20N2O4S2. The number of hydrogen-bond donors (Lipinski definition) is 1. The predicted molar refractivity (Wildman–Crippen MR) is 110 cm³/mol. The van der Waals surface area contributed by atoms with E-state index in [9.17, 15) is 13.2 Å². The number of nitrogens with one attached hydrogen (secondary N) is 1. The third kappa shape index (κ3) is 5.17. The molecule has 3 aromatic rings. The van der Waals surface area contributed by atoms with Crippen LogP contribution in [0.4, 0.5) is 5.13 Å². The van der Waals surface area contributed by atoms with Gasteiger partial charge in [-0.05, 0) is 30.7 Å². The van der Waals surface area contributed by atoms with Gasteiger partial charge in [0.15, 0.2) is 15.0 Å². The molecule has 0 atom stereocenters. The Balaban J connectivity index is 1.51. The number of nitrogens with zero attached hydrogens (tertiary/aromatic N) is 1. The van der Waals surface area contributed by atoms with E-state index in [0.29, 0.717) is 10.9 Å². The first-order valence-corrected chi connectivity index (χ1v) is 11.2. The Hall–Kier alpha value is -2.71. The van der Waals surface area contributed by atoms with Gasteiger partial charge in [-0.3, -0.25) is 4.79 Å². The molecule has 0 aliphatic heterocycles. The maximum absolute atomic E-state index is 12.3. The minimum Gasteiger partial charge on any atom is -0.497 e. The molecule has 6 nitrogen and oxygen atoms in total. The van der Waals surface area contributed by atoms with Crippen LogP contribution in [0.3, 0.4) is 0 Å². The number of hydrogen-bond acceptors (Lipinski definition) is 6. The SMILES string of the molecule is COc1ccc(S(=O)(=O)CCCC(=O)Nc2nc(-c3ccccc3)cs2)cc1. The van der Waals surface area contributed by atoms with Crippen LogP contribution >= 0.6 is 11.3 Å². The number of aromatic nitrogens is 1. The second kappa shape index (κ2) is 8.99. The zero-order valence-electron chi connectivity index (χ0n) is 15.3. The molecule has 0 radical (unpaired) electrons. The van der Waals surface area contributed by atoms with Gasteiger partial charge in [0.05, 0.1) is 23.5 Å². The highest BCUT2D eigenvalue weighted by Crippen LogP contribution is 2.24. The topological polar surface area (TPSA) is 85.4 Å². The highest BCUT2D eigenvalue weighted by molar-refractivity contribution is 7.91. The van der Waals surface area contributed by atoms with Gasteiger partial charge in [-0.15, -0.1) is 11.3 Å². The first-order valence-electron chi connectivity index (χ1n) is 8.65. The summed E-state index contributed by atoms with van der Waals surface area (Å²) in [5.41, 5.74) is 1.77. The van der Waals surface area contributed by atoms with Crippen molar-refractivity contribution in [2.24, 2.45) is 0 Å². The fourth-order valence-electron chi connectivity index (χ4n) is 2.58. The molecule has 0 bridgehead atoms. The van der Waals surface area contributed by atoms with Crippen molar-refractivity contribution in [3.8, 4) is 17.0 Å². The summed E-state index contributed by atoms with van der Waals surface area (Å²) in [6, 6.07) is 15.9. The number of ether oxygens (including phenoxy) is 1. The Morgan fingerprint density at radius 3 is 2.50 bits per heavy atom. The largest absolute Gasteiger partial charge is 0.497 e. The van der Waals surface area contributed by atoms with Crippen LogP contribution in [0.1, 0.15) is 12.8 Å². The molecular weight excluding hydrogens is 396 g/mol. The van der Waals surface area contributed by atoms with E-state index < -0.39 is 9.84 Å². The first-order chi connectivity index (χ1) is 13.5. The molecule has 8 heteroatoms. The maximum atomic E-state index is 12.3. The van der Waals surface area contributed by atoms with Gasteiger partial charge in [0.25, 0.3) is 0 Å². The Morgan fingerprint density at radius 2 is 1.82 bits per heavy atom. The van der Waals surface area contributed by atoms with Gasteiger partial charge < -0.3 is 10.1 Å². The summed E-state index contributed by atoms with van der Waals surface area (Å²) in [6.07, 6.45) is 0.340. The van der Waals surface area contributed by atoms with Crippen LogP contribution in [0.2, 0.25) is 0 Å². The molecule has 0 saturated carbocycles. The van der Waals surface area contributed by atoms with Crippen LogP contribution in [0.25, 0.3) is 11.3 Å². The molecule has 0 aliphatic carbocycles. The highest BCUT2D eigenvalue weighted by Gasteiger charge is 2.15.